The SMILES string of the molecule is CC(C)(C)c1cn2c(n1)CC(C(=O)O)C2. The van der Waals surface area contributed by atoms with Gasteiger partial charge in [0.25, 0.3) is 0 Å². The Morgan fingerprint density at radius 3 is 2.73 bits per heavy atom. The number of carboxylic acids is 1. The van der Waals surface area contributed by atoms with E-state index in [9.17, 15) is 4.79 Å². The van der Waals surface area contributed by atoms with Crippen LogP contribution in [-0.4, -0.2) is 20.6 Å². The predicted octanol–water partition coefficient (Wildman–Crippen LogP) is 1.44. The predicted molar refractivity (Wildman–Crippen MR) is 55.8 cm³/mol. The summed E-state index contributed by atoms with van der Waals surface area (Å²) in [6.07, 6.45) is 2.55. The summed E-state index contributed by atoms with van der Waals surface area (Å²) in [7, 11) is 0. The fourth-order valence-electron chi connectivity index (χ4n) is 1.82. The van der Waals surface area contributed by atoms with Crippen LogP contribution < -0.4 is 0 Å². The minimum absolute atomic E-state index is 0.0378. The van der Waals surface area contributed by atoms with Crippen molar-refractivity contribution in [2.45, 2.75) is 39.2 Å². The highest BCUT2D eigenvalue weighted by Crippen LogP contribution is 2.26. The molecule has 15 heavy (non-hydrogen) atoms. The molecule has 0 saturated carbocycles. The zero-order valence-corrected chi connectivity index (χ0v) is 9.32. The Morgan fingerprint density at radius 2 is 2.27 bits per heavy atom. The van der Waals surface area contributed by atoms with Crippen molar-refractivity contribution < 1.29 is 9.90 Å². The van der Waals surface area contributed by atoms with Gasteiger partial charge in [0.05, 0.1) is 11.6 Å². The summed E-state index contributed by atoms with van der Waals surface area (Å²) in [5, 5.41) is 8.89. The van der Waals surface area contributed by atoms with Gasteiger partial charge in [-0.1, -0.05) is 20.8 Å². The topological polar surface area (TPSA) is 55.1 Å². The molecule has 0 saturated heterocycles. The normalized spacial score (nSPS) is 20.3. The fourth-order valence-corrected chi connectivity index (χ4v) is 1.82. The van der Waals surface area contributed by atoms with Crippen LogP contribution in [0.5, 0.6) is 0 Å². The molecular formula is C11H16N2O2. The number of imidazole rings is 1. The highest BCUT2D eigenvalue weighted by Gasteiger charge is 2.30. The van der Waals surface area contributed by atoms with Gasteiger partial charge in [-0.05, 0) is 0 Å². The summed E-state index contributed by atoms with van der Waals surface area (Å²) >= 11 is 0. The highest BCUT2D eigenvalue weighted by atomic mass is 16.4. The number of carbonyl (C=O) groups is 1. The zero-order chi connectivity index (χ0) is 11.2. The van der Waals surface area contributed by atoms with Crippen LogP contribution in [0.15, 0.2) is 6.20 Å². The van der Waals surface area contributed by atoms with Gasteiger partial charge >= 0.3 is 5.97 Å². The van der Waals surface area contributed by atoms with E-state index in [0.717, 1.165) is 11.5 Å². The van der Waals surface area contributed by atoms with Crippen LogP contribution in [0.25, 0.3) is 0 Å². The molecule has 1 aromatic heterocycles. The lowest BCUT2D eigenvalue weighted by Crippen LogP contribution is -2.16. The van der Waals surface area contributed by atoms with E-state index in [-0.39, 0.29) is 11.3 Å². The molecule has 4 heteroatoms. The van der Waals surface area contributed by atoms with Crippen LogP contribution in [0.4, 0.5) is 0 Å². The number of rotatable bonds is 1. The molecule has 0 bridgehead atoms. The number of nitrogens with zero attached hydrogens (tertiary/aromatic N) is 2. The van der Waals surface area contributed by atoms with Gasteiger partial charge in [0.2, 0.25) is 0 Å². The van der Waals surface area contributed by atoms with E-state index in [2.05, 4.69) is 25.8 Å². The Labute approximate surface area is 88.9 Å². The van der Waals surface area contributed by atoms with E-state index >= 15 is 0 Å². The third kappa shape index (κ3) is 1.76. The maximum atomic E-state index is 10.8. The van der Waals surface area contributed by atoms with E-state index in [1.54, 1.807) is 0 Å². The van der Waals surface area contributed by atoms with Gasteiger partial charge in [0.15, 0.2) is 0 Å². The first-order chi connectivity index (χ1) is 6.88. The van der Waals surface area contributed by atoms with Crippen LogP contribution >= 0.6 is 0 Å². The molecule has 1 aliphatic heterocycles. The van der Waals surface area contributed by atoms with Crippen molar-refractivity contribution in [2.24, 2.45) is 5.92 Å². The van der Waals surface area contributed by atoms with Crippen LogP contribution in [0.1, 0.15) is 32.3 Å². The third-order valence-electron chi connectivity index (χ3n) is 2.82. The summed E-state index contributed by atoms with van der Waals surface area (Å²) in [6, 6.07) is 0. The lowest BCUT2D eigenvalue weighted by Gasteiger charge is -2.14. The molecule has 0 spiro atoms. The summed E-state index contributed by atoms with van der Waals surface area (Å²) < 4.78 is 1.97. The Morgan fingerprint density at radius 1 is 1.60 bits per heavy atom. The first-order valence-corrected chi connectivity index (χ1v) is 5.17. The maximum absolute atomic E-state index is 10.8. The quantitative estimate of drug-likeness (QED) is 0.759. The minimum atomic E-state index is -0.724. The minimum Gasteiger partial charge on any atom is -0.481 e. The third-order valence-corrected chi connectivity index (χ3v) is 2.82. The molecule has 0 aliphatic carbocycles. The number of fused-ring (bicyclic) bond motifs is 1. The molecule has 1 unspecified atom stereocenters. The van der Waals surface area contributed by atoms with E-state index in [4.69, 9.17) is 5.11 Å². The van der Waals surface area contributed by atoms with Crippen molar-refractivity contribution >= 4 is 5.97 Å². The second-order valence-corrected chi connectivity index (χ2v) is 5.18. The largest absolute Gasteiger partial charge is 0.481 e. The smallest absolute Gasteiger partial charge is 0.308 e. The molecule has 0 radical (unpaired) electrons. The summed E-state index contributed by atoms with van der Waals surface area (Å²) in [6.45, 7) is 6.90. The molecule has 82 valence electrons. The molecule has 1 atom stereocenters. The molecule has 0 fully saturated rings. The molecule has 2 rings (SSSR count). The van der Waals surface area contributed by atoms with Crippen molar-refractivity contribution in [3.05, 3.63) is 17.7 Å². The monoisotopic (exact) mass is 208 g/mol. The van der Waals surface area contributed by atoms with E-state index in [1.165, 1.54) is 0 Å². The van der Waals surface area contributed by atoms with Crippen LogP contribution in [0, 0.1) is 5.92 Å². The molecule has 0 amide bonds. The van der Waals surface area contributed by atoms with Gasteiger partial charge in [0, 0.05) is 24.6 Å². The molecule has 1 N–H and O–H groups in total. The number of carboxylic acid groups (broad SMARTS) is 1. The number of hydrogen-bond acceptors (Lipinski definition) is 2. The first-order valence-electron chi connectivity index (χ1n) is 5.17. The average molecular weight is 208 g/mol. The van der Waals surface area contributed by atoms with Gasteiger partial charge in [-0.2, -0.15) is 0 Å². The maximum Gasteiger partial charge on any atom is 0.308 e. The average Bonchev–Trinajstić information content (AvgIpc) is 2.55. The molecule has 0 aromatic carbocycles. The van der Waals surface area contributed by atoms with E-state index < -0.39 is 5.97 Å². The van der Waals surface area contributed by atoms with Crippen molar-refractivity contribution in [1.29, 1.82) is 0 Å². The molecular weight excluding hydrogens is 192 g/mol. The van der Waals surface area contributed by atoms with Crippen molar-refractivity contribution in [1.82, 2.24) is 9.55 Å². The van der Waals surface area contributed by atoms with Crippen LogP contribution in [0.2, 0.25) is 0 Å². The zero-order valence-electron chi connectivity index (χ0n) is 9.32. The molecule has 1 aromatic rings. The Kier molecular flexibility index (Phi) is 2.10. The van der Waals surface area contributed by atoms with Crippen molar-refractivity contribution in [2.75, 3.05) is 0 Å². The van der Waals surface area contributed by atoms with Crippen LogP contribution in [-0.2, 0) is 23.2 Å². The van der Waals surface area contributed by atoms with Crippen molar-refractivity contribution in [3.63, 3.8) is 0 Å². The van der Waals surface area contributed by atoms with Gasteiger partial charge in [-0.3, -0.25) is 4.79 Å². The molecule has 1 aliphatic rings. The lowest BCUT2D eigenvalue weighted by molar-refractivity contribution is -0.141. The molecule has 2 heterocycles. The van der Waals surface area contributed by atoms with Gasteiger partial charge in [0.1, 0.15) is 5.82 Å². The van der Waals surface area contributed by atoms with E-state index in [1.807, 2.05) is 10.8 Å². The van der Waals surface area contributed by atoms with E-state index in [0.29, 0.717) is 13.0 Å². The fraction of sp³-hybridized carbons (Fsp3) is 0.636. The van der Waals surface area contributed by atoms with Crippen molar-refractivity contribution in [3.8, 4) is 0 Å². The van der Waals surface area contributed by atoms with Gasteiger partial charge in [-0.25, -0.2) is 4.98 Å². The Hall–Kier alpha value is -1.32. The Bertz CT molecular complexity index is 378. The number of hydrogen-bond donors (Lipinski definition) is 1. The summed E-state index contributed by atoms with van der Waals surface area (Å²) in [4.78, 5) is 15.3. The summed E-state index contributed by atoms with van der Waals surface area (Å²) in [5.41, 5.74) is 1.08. The number of aromatic nitrogens is 2. The summed E-state index contributed by atoms with van der Waals surface area (Å²) in [5.74, 6) is -0.105. The Balaban J connectivity index is 2.23. The van der Waals surface area contributed by atoms with Gasteiger partial charge < -0.3 is 9.67 Å². The van der Waals surface area contributed by atoms with Crippen LogP contribution in [0.3, 0.4) is 0 Å². The first kappa shape index (κ1) is 10.2. The standard InChI is InChI=1S/C11H16N2O2/c1-11(2,3)8-6-13-5-7(10(14)15)4-9(13)12-8/h6-7H,4-5H2,1-3H3,(H,14,15). The number of aliphatic carboxylic acids is 1. The molecule has 4 nitrogen and oxygen atoms in total. The van der Waals surface area contributed by atoms with Gasteiger partial charge in [-0.15, -0.1) is 0 Å². The lowest BCUT2D eigenvalue weighted by atomic mass is 9.93. The second-order valence-electron chi connectivity index (χ2n) is 5.18. The second kappa shape index (κ2) is 3.08. The highest BCUT2D eigenvalue weighted by molar-refractivity contribution is 5.70.